The molecule has 2 aromatic rings. The third kappa shape index (κ3) is 4.54. The Morgan fingerprint density at radius 3 is 2.64 bits per heavy atom. The molecule has 0 bridgehead atoms. The first-order chi connectivity index (χ1) is 10.6. The highest BCUT2D eigenvalue weighted by molar-refractivity contribution is 7.80. The first-order valence-corrected chi connectivity index (χ1v) is 8.38. The van der Waals surface area contributed by atoms with Crippen molar-refractivity contribution in [3.05, 3.63) is 57.8 Å². The van der Waals surface area contributed by atoms with Gasteiger partial charge in [0.2, 0.25) is 0 Å². The first kappa shape index (κ1) is 16.5. The molecule has 4 nitrogen and oxygen atoms in total. The van der Waals surface area contributed by atoms with Crippen LogP contribution in [-0.4, -0.2) is 11.0 Å². The van der Waals surface area contributed by atoms with E-state index in [2.05, 4.69) is 23.1 Å². The summed E-state index contributed by atoms with van der Waals surface area (Å²) in [7, 11) is 0. The van der Waals surface area contributed by atoms with Crippen LogP contribution in [0, 0.1) is 0 Å². The van der Waals surface area contributed by atoms with Crippen molar-refractivity contribution >= 4 is 34.6 Å². The van der Waals surface area contributed by atoms with Gasteiger partial charge < -0.3 is 5.32 Å². The average Bonchev–Trinajstić information content (AvgIpc) is 3.02. The molecule has 0 saturated carbocycles. The number of thiocarbonyl (C=S) groups is 1. The van der Waals surface area contributed by atoms with Crippen LogP contribution in [-0.2, 0) is 6.42 Å². The van der Waals surface area contributed by atoms with Crippen LogP contribution in [0.3, 0.4) is 0 Å². The third-order valence-electron chi connectivity index (χ3n) is 3.20. The molecule has 116 valence electrons. The Kier molecular flexibility index (Phi) is 5.91. The Morgan fingerprint density at radius 2 is 2.00 bits per heavy atom. The van der Waals surface area contributed by atoms with Crippen LogP contribution in [0.2, 0.25) is 0 Å². The number of hydrazine groups is 1. The van der Waals surface area contributed by atoms with Gasteiger partial charge in [0.1, 0.15) is 0 Å². The molecule has 0 aliphatic heterocycles. The molecule has 0 unspecified atom stereocenters. The van der Waals surface area contributed by atoms with E-state index in [0.717, 1.165) is 12.0 Å². The minimum absolute atomic E-state index is 0.0611. The topological polar surface area (TPSA) is 53.2 Å². The van der Waals surface area contributed by atoms with E-state index >= 15 is 0 Å². The number of aryl methyl sites for hydroxylation is 1. The van der Waals surface area contributed by atoms with Gasteiger partial charge in [-0.25, -0.2) is 0 Å². The Bertz CT molecular complexity index is 640. The third-order valence-corrected chi connectivity index (χ3v) is 4.50. The lowest BCUT2D eigenvalue weighted by Crippen LogP contribution is -2.47. The molecular weight excluding hydrogens is 314 g/mol. The molecule has 1 atom stereocenters. The number of rotatable bonds is 4. The van der Waals surface area contributed by atoms with Gasteiger partial charge in [-0.3, -0.25) is 15.6 Å². The number of hydrogen-bond donors (Lipinski definition) is 3. The molecule has 0 fully saturated rings. The molecule has 3 N–H and O–H groups in total. The van der Waals surface area contributed by atoms with Crippen LogP contribution >= 0.6 is 23.6 Å². The second kappa shape index (κ2) is 7.91. The molecule has 2 rings (SSSR count). The van der Waals surface area contributed by atoms with Crippen molar-refractivity contribution in [3.8, 4) is 0 Å². The van der Waals surface area contributed by atoms with Gasteiger partial charge >= 0.3 is 0 Å². The Hall–Kier alpha value is -1.92. The normalized spacial score (nSPS) is 11.5. The molecule has 1 aromatic heterocycles. The standard InChI is InChI=1S/C16H19N3OS2/c1-3-14-9-13(10-22-14)15(20)18-19-16(21)17-11(2)12-7-5-4-6-8-12/h4-11H,3H2,1-2H3,(H,18,20)(H2,17,19,21)/t11-/m1/s1. The maximum absolute atomic E-state index is 12.0. The molecule has 0 spiro atoms. The maximum Gasteiger partial charge on any atom is 0.270 e. The van der Waals surface area contributed by atoms with Gasteiger partial charge in [0.15, 0.2) is 5.11 Å². The van der Waals surface area contributed by atoms with Gasteiger partial charge in [-0.2, -0.15) is 0 Å². The van der Waals surface area contributed by atoms with Crippen molar-refractivity contribution in [1.82, 2.24) is 16.2 Å². The highest BCUT2D eigenvalue weighted by atomic mass is 32.1. The maximum atomic E-state index is 12.0. The molecular formula is C16H19N3OS2. The van der Waals surface area contributed by atoms with Crippen molar-refractivity contribution in [3.63, 3.8) is 0 Å². The minimum atomic E-state index is -0.188. The molecule has 0 radical (unpaired) electrons. The lowest BCUT2D eigenvalue weighted by molar-refractivity contribution is 0.0944. The van der Waals surface area contributed by atoms with Gasteiger partial charge in [-0.15, -0.1) is 11.3 Å². The number of nitrogens with one attached hydrogen (secondary N) is 3. The van der Waals surface area contributed by atoms with Crippen molar-refractivity contribution < 1.29 is 4.79 Å². The number of carbonyl (C=O) groups excluding carboxylic acids is 1. The summed E-state index contributed by atoms with van der Waals surface area (Å²) in [6.45, 7) is 4.08. The van der Waals surface area contributed by atoms with Gasteiger partial charge in [0.25, 0.3) is 5.91 Å². The summed E-state index contributed by atoms with van der Waals surface area (Å²) in [5.74, 6) is -0.188. The fraction of sp³-hybridized carbons (Fsp3) is 0.250. The molecule has 0 saturated heterocycles. The molecule has 1 heterocycles. The fourth-order valence-electron chi connectivity index (χ4n) is 1.93. The van der Waals surface area contributed by atoms with Crippen molar-refractivity contribution in [1.29, 1.82) is 0 Å². The van der Waals surface area contributed by atoms with Crippen LogP contribution in [0.25, 0.3) is 0 Å². The van der Waals surface area contributed by atoms with Crippen molar-refractivity contribution in [2.75, 3.05) is 0 Å². The lowest BCUT2D eigenvalue weighted by atomic mass is 10.1. The second-order valence-corrected chi connectivity index (χ2v) is 6.24. The Labute approximate surface area is 139 Å². The van der Waals surface area contributed by atoms with E-state index in [1.165, 1.54) is 4.88 Å². The van der Waals surface area contributed by atoms with Crippen LogP contribution in [0.15, 0.2) is 41.8 Å². The fourth-order valence-corrected chi connectivity index (χ4v) is 2.97. The Balaban J connectivity index is 1.81. The number of thiophene rings is 1. The van der Waals surface area contributed by atoms with Crippen molar-refractivity contribution in [2.24, 2.45) is 0 Å². The average molecular weight is 333 g/mol. The van der Waals surface area contributed by atoms with E-state index in [4.69, 9.17) is 12.2 Å². The minimum Gasteiger partial charge on any atom is -0.355 e. The van der Waals surface area contributed by atoms with Crippen LogP contribution in [0.4, 0.5) is 0 Å². The van der Waals surface area contributed by atoms with E-state index in [0.29, 0.717) is 10.7 Å². The number of hydrogen-bond acceptors (Lipinski definition) is 3. The molecule has 0 aliphatic carbocycles. The number of benzene rings is 1. The second-order valence-electron chi connectivity index (χ2n) is 4.84. The summed E-state index contributed by atoms with van der Waals surface area (Å²) >= 11 is 6.78. The molecule has 22 heavy (non-hydrogen) atoms. The summed E-state index contributed by atoms with van der Waals surface area (Å²) in [5, 5.41) is 5.36. The van der Waals surface area contributed by atoms with Crippen molar-refractivity contribution in [2.45, 2.75) is 26.3 Å². The van der Waals surface area contributed by atoms with E-state index in [-0.39, 0.29) is 11.9 Å². The van der Waals surface area contributed by atoms with Crippen LogP contribution < -0.4 is 16.2 Å². The van der Waals surface area contributed by atoms with E-state index in [9.17, 15) is 4.79 Å². The number of carbonyl (C=O) groups is 1. The highest BCUT2D eigenvalue weighted by Gasteiger charge is 2.10. The zero-order chi connectivity index (χ0) is 15.9. The van der Waals surface area contributed by atoms with E-state index in [1.54, 1.807) is 11.3 Å². The first-order valence-electron chi connectivity index (χ1n) is 7.09. The molecule has 6 heteroatoms. The van der Waals surface area contributed by atoms with E-state index in [1.807, 2.05) is 48.7 Å². The summed E-state index contributed by atoms with van der Waals surface area (Å²) < 4.78 is 0. The molecule has 0 aliphatic rings. The van der Waals surface area contributed by atoms with Crippen LogP contribution in [0.5, 0.6) is 0 Å². The predicted octanol–water partition coefficient (Wildman–Crippen LogP) is 3.18. The largest absolute Gasteiger partial charge is 0.355 e. The quantitative estimate of drug-likeness (QED) is 0.594. The smallest absolute Gasteiger partial charge is 0.270 e. The van der Waals surface area contributed by atoms with Gasteiger partial charge in [-0.1, -0.05) is 37.3 Å². The lowest BCUT2D eigenvalue weighted by Gasteiger charge is -2.17. The van der Waals surface area contributed by atoms with Gasteiger partial charge in [0, 0.05) is 10.3 Å². The van der Waals surface area contributed by atoms with E-state index < -0.39 is 0 Å². The SMILES string of the molecule is CCc1cc(C(=O)NNC(=S)N[C@H](C)c2ccccc2)cs1. The summed E-state index contributed by atoms with van der Waals surface area (Å²) in [6, 6.07) is 11.9. The summed E-state index contributed by atoms with van der Waals surface area (Å²) in [4.78, 5) is 13.2. The van der Waals surface area contributed by atoms with Gasteiger partial charge in [-0.05, 0) is 37.2 Å². The molecule has 1 aromatic carbocycles. The Morgan fingerprint density at radius 1 is 1.27 bits per heavy atom. The number of amides is 1. The molecule has 1 amide bonds. The summed E-state index contributed by atoms with van der Waals surface area (Å²) in [5.41, 5.74) is 7.12. The highest BCUT2D eigenvalue weighted by Crippen LogP contribution is 2.14. The monoisotopic (exact) mass is 333 g/mol. The van der Waals surface area contributed by atoms with Gasteiger partial charge in [0.05, 0.1) is 11.6 Å². The zero-order valence-electron chi connectivity index (χ0n) is 12.6. The van der Waals surface area contributed by atoms with Crippen LogP contribution in [0.1, 0.15) is 40.7 Å². The zero-order valence-corrected chi connectivity index (χ0v) is 14.2. The predicted molar refractivity (Wildman–Crippen MR) is 94.9 cm³/mol. The summed E-state index contributed by atoms with van der Waals surface area (Å²) in [6.07, 6.45) is 0.930.